The fourth-order valence-electron chi connectivity index (χ4n) is 2.64. The van der Waals surface area contributed by atoms with Crippen LogP contribution in [0.1, 0.15) is 36.3 Å². The second kappa shape index (κ2) is 8.48. The molecule has 0 saturated carbocycles. The molecule has 0 aliphatic heterocycles. The summed E-state index contributed by atoms with van der Waals surface area (Å²) in [4.78, 5) is 0. The van der Waals surface area contributed by atoms with Crippen molar-refractivity contribution in [1.29, 1.82) is 0 Å². The largest absolute Gasteiger partial charge is 0.494 e. The van der Waals surface area contributed by atoms with Gasteiger partial charge in [0, 0.05) is 0 Å². The van der Waals surface area contributed by atoms with Crippen LogP contribution in [-0.2, 0) is 0 Å². The molecule has 0 radical (unpaired) electrons. The minimum absolute atomic E-state index is 0.461. The lowest BCUT2D eigenvalue weighted by atomic mass is 9.90. The summed E-state index contributed by atoms with van der Waals surface area (Å²) < 4.78 is 5.72. The highest BCUT2D eigenvalue weighted by molar-refractivity contribution is 5.29. The molecular formula is C19H25NO. The predicted octanol–water partition coefficient (Wildman–Crippen LogP) is 4.29. The van der Waals surface area contributed by atoms with Gasteiger partial charge >= 0.3 is 0 Å². The van der Waals surface area contributed by atoms with Crippen LogP contribution in [-0.4, -0.2) is 13.2 Å². The summed E-state index contributed by atoms with van der Waals surface area (Å²) in [5.74, 6) is 1.41. The van der Waals surface area contributed by atoms with E-state index in [2.05, 4.69) is 31.2 Å². The molecule has 21 heavy (non-hydrogen) atoms. The molecule has 2 N–H and O–H groups in total. The van der Waals surface area contributed by atoms with E-state index in [1.54, 1.807) is 0 Å². The first-order chi connectivity index (χ1) is 10.3. The number of para-hydroxylation sites is 1. The van der Waals surface area contributed by atoms with Gasteiger partial charge in [-0.1, -0.05) is 42.5 Å². The maximum atomic E-state index is 5.95. The Morgan fingerprint density at radius 3 is 2.38 bits per heavy atom. The first-order valence-electron chi connectivity index (χ1n) is 7.74. The number of benzene rings is 2. The van der Waals surface area contributed by atoms with Crippen molar-refractivity contribution < 1.29 is 4.74 Å². The molecule has 2 heteroatoms. The van der Waals surface area contributed by atoms with E-state index >= 15 is 0 Å². The second-order valence-corrected chi connectivity index (χ2v) is 5.45. The second-order valence-electron chi connectivity index (χ2n) is 5.45. The summed E-state index contributed by atoms with van der Waals surface area (Å²) in [6, 6.07) is 18.5. The average molecular weight is 283 g/mol. The van der Waals surface area contributed by atoms with Crippen LogP contribution in [0.5, 0.6) is 5.75 Å². The molecule has 2 aromatic carbocycles. The Kier molecular flexibility index (Phi) is 6.29. The molecule has 0 fully saturated rings. The van der Waals surface area contributed by atoms with Crippen LogP contribution in [0.25, 0.3) is 0 Å². The summed E-state index contributed by atoms with van der Waals surface area (Å²) in [7, 11) is 0. The van der Waals surface area contributed by atoms with E-state index in [1.165, 1.54) is 11.1 Å². The van der Waals surface area contributed by atoms with E-state index in [4.69, 9.17) is 10.5 Å². The molecule has 0 aromatic heterocycles. The molecule has 2 aromatic rings. The van der Waals surface area contributed by atoms with E-state index in [-0.39, 0.29) is 0 Å². The average Bonchev–Trinajstić information content (AvgIpc) is 2.53. The van der Waals surface area contributed by atoms with Gasteiger partial charge in [0.05, 0.1) is 6.61 Å². The zero-order chi connectivity index (χ0) is 14.9. The van der Waals surface area contributed by atoms with Gasteiger partial charge in [-0.2, -0.15) is 0 Å². The zero-order valence-electron chi connectivity index (χ0n) is 12.8. The number of aryl methyl sites for hydroxylation is 1. The van der Waals surface area contributed by atoms with Crippen LogP contribution in [0, 0.1) is 6.92 Å². The summed E-state index contributed by atoms with van der Waals surface area (Å²) >= 11 is 0. The molecule has 1 unspecified atom stereocenters. The van der Waals surface area contributed by atoms with Gasteiger partial charge in [0.1, 0.15) is 5.75 Å². The van der Waals surface area contributed by atoms with E-state index in [0.29, 0.717) is 12.5 Å². The van der Waals surface area contributed by atoms with Gasteiger partial charge in [-0.15, -0.1) is 0 Å². The van der Waals surface area contributed by atoms with Crippen molar-refractivity contribution in [3.8, 4) is 5.75 Å². The van der Waals surface area contributed by atoms with Crippen LogP contribution in [0.4, 0.5) is 0 Å². The van der Waals surface area contributed by atoms with Crippen molar-refractivity contribution >= 4 is 0 Å². The van der Waals surface area contributed by atoms with Crippen molar-refractivity contribution in [3.05, 3.63) is 65.7 Å². The summed E-state index contributed by atoms with van der Waals surface area (Å²) in [5.41, 5.74) is 8.68. The fraction of sp³-hybridized carbons (Fsp3) is 0.368. The van der Waals surface area contributed by atoms with Crippen LogP contribution < -0.4 is 10.5 Å². The van der Waals surface area contributed by atoms with Gasteiger partial charge in [-0.25, -0.2) is 0 Å². The van der Waals surface area contributed by atoms with Gasteiger partial charge in [-0.3, -0.25) is 0 Å². The van der Waals surface area contributed by atoms with Crippen molar-refractivity contribution in [2.24, 2.45) is 5.73 Å². The maximum absolute atomic E-state index is 5.95. The molecule has 112 valence electrons. The Balaban J connectivity index is 1.73. The van der Waals surface area contributed by atoms with Crippen LogP contribution in [0.3, 0.4) is 0 Å². The lowest BCUT2D eigenvalue weighted by molar-refractivity contribution is 0.303. The van der Waals surface area contributed by atoms with Crippen LogP contribution >= 0.6 is 0 Å². The zero-order valence-corrected chi connectivity index (χ0v) is 12.8. The molecule has 0 heterocycles. The quantitative estimate of drug-likeness (QED) is 0.734. The lowest BCUT2D eigenvalue weighted by Gasteiger charge is -2.17. The highest BCUT2D eigenvalue weighted by Crippen LogP contribution is 2.24. The maximum Gasteiger partial charge on any atom is 0.119 e. The standard InChI is InChI=1S/C19H25NO/c1-16-9-5-6-13-19(16)17(15-20)10-7-8-14-21-18-11-3-2-4-12-18/h2-6,9,11-13,17H,7-8,10,14-15,20H2,1H3. The number of hydrogen-bond donors (Lipinski definition) is 1. The monoisotopic (exact) mass is 283 g/mol. The number of nitrogens with two attached hydrogens (primary N) is 1. The Morgan fingerprint density at radius 1 is 0.952 bits per heavy atom. The van der Waals surface area contributed by atoms with Crippen molar-refractivity contribution in [1.82, 2.24) is 0 Å². The normalized spacial score (nSPS) is 12.1. The third kappa shape index (κ3) is 4.91. The summed E-state index contributed by atoms with van der Waals surface area (Å²) in [6.07, 6.45) is 3.33. The fourth-order valence-corrected chi connectivity index (χ4v) is 2.64. The van der Waals surface area contributed by atoms with Gasteiger partial charge in [0.25, 0.3) is 0 Å². The van der Waals surface area contributed by atoms with Gasteiger partial charge in [0.15, 0.2) is 0 Å². The Hall–Kier alpha value is -1.80. The number of ether oxygens (including phenoxy) is 1. The molecular weight excluding hydrogens is 258 g/mol. The first kappa shape index (κ1) is 15.6. The topological polar surface area (TPSA) is 35.2 Å². The van der Waals surface area contributed by atoms with E-state index < -0.39 is 0 Å². The van der Waals surface area contributed by atoms with Gasteiger partial charge in [0.2, 0.25) is 0 Å². The van der Waals surface area contributed by atoms with Crippen LogP contribution in [0.2, 0.25) is 0 Å². The molecule has 0 aliphatic carbocycles. The molecule has 1 atom stereocenters. The third-order valence-corrected chi connectivity index (χ3v) is 3.87. The van der Waals surface area contributed by atoms with E-state index in [1.807, 2.05) is 30.3 Å². The smallest absolute Gasteiger partial charge is 0.119 e. The van der Waals surface area contributed by atoms with Crippen molar-refractivity contribution in [2.75, 3.05) is 13.2 Å². The van der Waals surface area contributed by atoms with E-state index in [9.17, 15) is 0 Å². The van der Waals surface area contributed by atoms with Crippen LogP contribution in [0.15, 0.2) is 54.6 Å². The van der Waals surface area contributed by atoms with Gasteiger partial charge in [-0.05, 0) is 61.9 Å². The minimum Gasteiger partial charge on any atom is -0.494 e. The summed E-state index contributed by atoms with van der Waals surface area (Å²) in [6.45, 7) is 3.65. The molecule has 0 bridgehead atoms. The first-order valence-corrected chi connectivity index (χ1v) is 7.74. The summed E-state index contributed by atoms with van der Waals surface area (Å²) in [5, 5.41) is 0. The Bertz CT molecular complexity index is 524. The molecule has 2 rings (SSSR count). The number of rotatable bonds is 8. The predicted molar refractivity (Wildman–Crippen MR) is 88.8 cm³/mol. The number of unbranched alkanes of at least 4 members (excludes halogenated alkanes) is 1. The number of hydrogen-bond acceptors (Lipinski definition) is 2. The molecule has 0 spiro atoms. The molecule has 0 aliphatic rings. The van der Waals surface area contributed by atoms with Gasteiger partial charge < -0.3 is 10.5 Å². The molecule has 2 nitrogen and oxygen atoms in total. The highest BCUT2D eigenvalue weighted by Gasteiger charge is 2.11. The SMILES string of the molecule is Cc1ccccc1C(CN)CCCCOc1ccccc1. The Labute approximate surface area is 127 Å². The minimum atomic E-state index is 0.461. The lowest BCUT2D eigenvalue weighted by Crippen LogP contribution is -2.14. The molecule has 0 saturated heterocycles. The Morgan fingerprint density at radius 2 is 1.67 bits per heavy atom. The molecule has 0 amide bonds. The third-order valence-electron chi connectivity index (χ3n) is 3.87. The van der Waals surface area contributed by atoms with Crippen molar-refractivity contribution in [3.63, 3.8) is 0 Å². The highest BCUT2D eigenvalue weighted by atomic mass is 16.5. The van der Waals surface area contributed by atoms with E-state index in [0.717, 1.165) is 31.6 Å². The van der Waals surface area contributed by atoms with Crippen molar-refractivity contribution in [2.45, 2.75) is 32.1 Å².